The van der Waals surface area contributed by atoms with E-state index >= 15 is 0 Å². The molecule has 1 amide bonds. The summed E-state index contributed by atoms with van der Waals surface area (Å²) in [5.74, 6) is 0.0669. The summed E-state index contributed by atoms with van der Waals surface area (Å²) < 4.78 is 1.69. The van der Waals surface area contributed by atoms with Gasteiger partial charge in [0.2, 0.25) is 11.1 Å². The summed E-state index contributed by atoms with van der Waals surface area (Å²) in [5.41, 5.74) is 5.02. The van der Waals surface area contributed by atoms with E-state index in [4.69, 9.17) is 11.6 Å². The fraction of sp³-hybridized carbons (Fsp3) is 0.167. The number of rotatable bonds is 7. The highest BCUT2D eigenvalue weighted by Crippen LogP contribution is 2.26. The van der Waals surface area contributed by atoms with Crippen LogP contribution >= 0.6 is 23.4 Å². The molecule has 3 aromatic carbocycles. The van der Waals surface area contributed by atoms with Crippen LogP contribution in [-0.4, -0.2) is 31.9 Å². The lowest BCUT2D eigenvalue weighted by Gasteiger charge is -2.20. The van der Waals surface area contributed by atoms with Crippen molar-refractivity contribution in [2.75, 3.05) is 5.75 Å². The number of aryl methyl sites for hydroxylation is 2. The highest BCUT2D eigenvalue weighted by molar-refractivity contribution is 7.99. The van der Waals surface area contributed by atoms with E-state index in [0.29, 0.717) is 10.2 Å². The highest BCUT2D eigenvalue weighted by atomic mass is 35.5. The molecule has 4 rings (SSSR count). The number of halogens is 1. The van der Waals surface area contributed by atoms with E-state index in [2.05, 4.69) is 20.8 Å². The highest BCUT2D eigenvalue weighted by Gasteiger charge is 2.19. The number of nitrogens with one attached hydrogen (secondary N) is 1. The van der Waals surface area contributed by atoms with Gasteiger partial charge in [0.05, 0.1) is 17.5 Å². The quantitative estimate of drug-likeness (QED) is 0.393. The van der Waals surface area contributed by atoms with Gasteiger partial charge in [-0.2, -0.15) is 4.68 Å². The monoisotopic (exact) mass is 463 g/mol. The Labute approximate surface area is 196 Å². The minimum absolute atomic E-state index is 0.116. The summed E-state index contributed by atoms with van der Waals surface area (Å²) in [5, 5.41) is 16.4. The average Bonchev–Trinajstić information content (AvgIpc) is 3.25. The predicted octanol–water partition coefficient (Wildman–Crippen LogP) is 4.93. The molecule has 1 atom stereocenters. The van der Waals surface area contributed by atoms with Gasteiger partial charge in [0.1, 0.15) is 0 Å². The van der Waals surface area contributed by atoms with E-state index < -0.39 is 0 Å². The van der Waals surface area contributed by atoms with E-state index in [1.165, 1.54) is 11.8 Å². The summed E-state index contributed by atoms with van der Waals surface area (Å²) in [6, 6.07) is 23.1. The molecule has 0 fully saturated rings. The van der Waals surface area contributed by atoms with Crippen molar-refractivity contribution in [3.05, 3.63) is 100 Å². The summed E-state index contributed by atoms with van der Waals surface area (Å²) in [7, 11) is 0. The Kier molecular flexibility index (Phi) is 6.87. The zero-order chi connectivity index (χ0) is 22.5. The third-order valence-electron chi connectivity index (χ3n) is 5.07. The van der Waals surface area contributed by atoms with Crippen LogP contribution in [0.4, 0.5) is 0 Å². The Bertz CT molecular complexity index is 1190. The van der Waals surface area contributed by atoms with Gasteiger partial charge >= 0.3 is 0 Å². The Hall–Kier alpha value is -3.16. The molecule has 1 heterocycles. The fourth-order valence-corrected chi connectivity index (χ4v) is 4.36. The number of amides is 1. The summed E-state index contributed by atoms with van der Waals surface area (Å²) in [6.07, 6.45) is 0. The standard InChI is InChI=1S/C24H22ClN5OS/c1-16-7-6-8-17(2)23(16)30-24(27-28-29-30)32-15-21(31)26-22(18-9-4-3-5-10-18)19-11-13-20(25)14-12-19/h3-14,22H,15H2,1-2H3,(H,26,31)/t22-/m0/s1. The normalized spacial score (nSPS) is 11.8. The fourth-order valence-electron chi connectivity index (χ4n) is 3.54. The van der Waals surface area contributed by atoms with E-state index in [9.17, 15) is 4.79 Å². The molecule has 0 bridgehead atoms. The molecule has 0 saturated carbocycles. The average molecular weight is 464 g/mol. The van der Waals surface area contributed by atoms with Crippen LogP contribution in [0.1, 0.15) is 28.3 Å². The van der Waals surface area contributed by atoms with Crippen LogP contribution in [0.15, 0.2) is 78.0 Å². The number of thioether (sulfide) groups is 1. The third kappa shape index (κ3) is 5.00. The van der Waals surface area contributed by atoms with Crippen molar-refractivity contribution in [2.24, 2.45) is 0 Å². The molecular formula is C24H22ClN5OS. The molecule has 1 N–H and O–H groups in total. The second-order valence-electron chi connectivity index (χ2n) is 7.37. The molecule has 32 heavy (non-hydrogen) atoms. The third-order valence-corrected chi connectivity index (χ3v) is 6.24. The number of carbonyl (C=O) groups excluding carboxylic acids is 1. The first-order chi connectivity index (χ1) is 15.5. The maximum atomic E-state index is 12.9. The Morgan fingerprint density at radius 3 is 2.31 bits per heavy atom. The molecule has 0 saturated heterocycles. The van der Waals surface area contributed by atoms with Gasteiger partial charge in [0.15, 0.2) is 0 Å². The SMILES string of the molecule is Cc1cccc(C)c1-n1nnnc1SCC(=O)N[C@@H](c1ccccc1)c1ccc(Cl)cc1. The number of benzene rings is 3. The zero-order valence-electron chi connectivity index (χ0n) is 17.7. The molecule has 0 spiro atoms. The molecule has 1 aromatic heterocycles. The number of hydrogen-bond acceptors (Lipinski definition) is 5. The van der Waals surface area contributed by atoms with Crippen molar-refractivity contribution in [1.82, 2.24) is 25.5 Å². The van der Waals surface area contributed by atoms with Gasteiger partial charge in [-0.3, -0.25) is 4.79 Å². The van der Waals surface area contributed by atoms with Crippen molar-refractivity contribution in [1.29, 1.82) is 0 Å². The lowest BCUT2D eigenvalue weighted by molar-refractivity contribution is -0.119. The van der Waals surface area contributed by atoms with Crippen LogP contribution in [0.2, 0.25) is 5.02 Å². The summed E-state index contributed by atoms with van der Waals surface area (Å²) in [6.45, 7) is 4.03. The maximum absolute atomic E-state index is 12.9. The topological polar surface area (TPSA) is 72.7 Å². The number of para-hydroxylation sites is 1. The maximum Gasteiger partial charge on any atom is 0.231 e. The van der Waals surface area contributed by atoms with Crippen molar-refractivity contribution in [3.63, 3.8) is 0 Å². The Morgan fingerprint density at radius 1 is 0.969 bits per heavy atom. The first kappa shape index (κ1) is 22.0. The molecular weight excluding hydrogens is 442 g/mol. The number of hydrogen-bond donors (Lipinski definition) is 1. The van der Waals surface area contributed by atoms with Gasteiger partial charge in [-0.05, 0) is 58.7 Å². The number of aromatic nitrogens is 4. The van der Waals surface area contributed by atoms with Gasteiger partial charge in [0, 0.05) is 5.02 Å². The van der Waals surface area contributed by atoms with Crippen LogP contribution in [0.25, 0.3) is 5.69 Å². The van der Waals surface area contributed by atoms with Gasteiger partial charge < -0.3 is 5.32 Å². The molecule has 6 nitrogen and oxygen atoms in total. The second-order valence-corrected chi connectivity index (χ2v) is 8.74. The molecule has 0 aliphatic heterocycles. The van der Waals surface area contributed by atoms with Crippen LogP contribution in [0.3, 0.4) is 0 Å². The molecule has 0 radical (unpaired) electrons. The first-order valence-corrected chi connectivity index (χ1v) is 11.5. The largest absolute Gasteiger partial charge is 0.344 e. The summed E-state index contributed by atoms with van der Waals surface area (Å²) >= 11 is 7.35. The van der Waals surface area contributed by atoms with Crippen LogP contribution in [0.5, 0.6) is 0 Å². The van der Waals surface area contributed by atoms with E-state index in [-0.39, 0.29) is 17.7 Å². The smallest absolute Gasteiger partial charge is 0.231 e. The van der Waals surface area contributed by atoms with E-state index in [1.54, 1.807) is 4.68 Å². The van der Waals surface area contributed by atoms with Gasteiger partial charge in [-0.1, -0.05) is 84.0 Å². The van der Waals surface area contributed by atoms with Gasteiger partial charge in [-0.25, -0.2) is 0 Å². The number of nitrogens with zero attached hydrogens (tertiary/aromatic N) is 4. The van der Waals surface area contributed by atoms with Gasteiger partial charge in [0.25, 0.3) is 0 Å². The van der Waals surface area contributed by atoms with Crippen LogP contribution < -0.4 is 5.32 Å². The number of carbonyl (C=O) groups is 1. The predicted molar refractivity (Wildman–Crippen MR) is 127 cm³/mol. The lowest BCUT2D eigenvalue weighted by Crippen LogP contribution is -2.30. The van der Waals surface area contributed by atoms with E-state index in [0.717, 1.165) is 27.9 Å². The molecule has 8 heteroatoms. The van der Waals surface area contributed by atoms with E-state index in [1.807, 2.05) is 86.6 Å². The molecule has 0 aliphatic carbocycles. The number of tetrazole rings is 1. The van der Waals surface area contributed by atoms with Crippen LogP contribution in [0, 0.1) is 13.8 Å². The van der Waals surface area contributed by atoms with Crippen molar-refractivity contribution in [2.45, 2.75) is 25.0 Å². The minimum Gasteiger partial charge on any atom is -0.344 e. The van der Waals surface area contributed by atoms with Crippen molar-refractivity contribution < 1.29 is 4.79 Å². The zero-order valence-corrected chi connectivity index (χ0v) is 19.3. The summed E-state index contributed by atoms with van der Waals surface area (Å²) in [4.78, 5) is 12.9. The minimum atomic E-state index is -0.281. The second kappa shape index (κ2) is 9.97. The molecule has 4 aromatic rings. The molecule has 0 unspecified atom stereocenters. The van der Waals surface area contributed by atoms with Crippen molar-refractivity contribution in [3.8, 4) is 5.69 Å². The lowest BCUT2D eigenvalue weighted by atomic mass is 9.99. The molecule has 0 aliphatic rings. The van der Waals surface area contributed by atoms with Crippen LogP contribution in [-0.2, 0) is 4.79 Å². The Morgan fingerprint density at radius 2 is 1.62 bits per heavy atom. The molecule has 162 valence electrons. The van der Waals surface area contributed by atoms with Gasteiger partial charge in [-0.15, -0.1) is 5.10 Å². The van der Waals surface area contributed by atoms with Crippen molar-refractivity contribution >= 4 is 29.3 Å². The first-order valence-electron chi connectivity index (χ1n) is 10.1. The Balaban J connectivity index is 1.51.